The number of hydrogen-bond acceptors (Lipinski definition) is 8. The highest BCUT2D eigenvalue weighted by Gasteiger charge is 2.26. The largest absolute Gasteiger partial charge is 0.472 e. The minimum atomic E-state index is -4.39. The molecule has 0 spiro atoms. The Morgan fingerprint density at radius 1 is 0.326 bits per heavy atom. The number of allylic oxidation sites excluding steroid dienone is 4. The Balaban J connectivity index is 3.72. The van der Waals surface area contributed by atoms with Crippen LogP contribution < -0.4 is 5.73 Å². The maximum Gasteiger partial charge on any atom is 0.472 e. The van der Waals surface area contributed by atoms with E-state index < -0.39 is 26.5 Å². The molecule has 0 heterocycles. The molecule has 0 aromatic heterocycles. The van der Waals surface area contributed by atoms with E-state index in [2.05, 4.69) is 38.2 Å². The van der Waals surface area contributed by atoms with E-state index in [4.69, 9.17) is 24.3 Å². The normalized spacial score (nSPS) is 12.9. The SMILES string of the molecule is CCCCCCC/C=C\C/C=C\CCCCCCCCCCCCCCCCCCCCCCCCCCCCCC(=O)OC(COC(=O)CCCCCCCCCCCCCCCCCCCCCCCCCCCCCCCCCC)COP(=O)(O)OCCN. The monoisotopic (exact) mass is 1320 g/mol. The lowest BCUT2D eigenvalue weighted by atomic mass is 10.0. The van der Waals surface area contributed by atoms with Gasteiger partial charge in [0, 0.05) is 19.4 Å². The van der Waals surface area contributed by atoms with Gasteiger partial charge >= 0.3 is 19.8 Å². The molecule has 0 radical (unpaired) electrons. The van der Waals surface area contributed by atoms with E-state index in [1.807, 2.05) is 0 Å². The van der Waals surface area contributed by atoms with E-state index >= 15 is 0 Å². The van der Waals surface area contributed by atoms with Crippen LogP contribution >= 0.6 is 7.82 Å². The summed E-state index contributed by atoms with van der Waals surface area (Å²) in [5, 5.41) is 0. The molecule has 10 heteroatoms. The standard InChI is InChI=1S/C82H160NO8P/c1-3-5-7-9-11-13-15-17-19-21-23-25-27-29-31-33-35-37-38-39-40-41-42-43-45-47-49-51-53-55-57-59-61-63-65-67-69-71-73-75-82(85)91-80(79-90-92(86,87)89-77-76-83)78-88-81(84)74-72-70-68-66-64-62-60-58-56-54-52-50-48-46-44-36-34-32-30-28-26-24-22-20-18-16-14-12-10-8-6-4-2/h15,17,21,23,80H,3-14,16,18-20,22,24-79,83H2,1-2H3,(H,86,87)/b17-15-,23-21-. The van der Waals surface area contributed by atoms with Gasteiger partial charge in [-0.05, 0) is 44.9 Å². The third kappa shape index (κ3) is 77.5. The predicted octanol–water partition coefficient (Wildman–Crippen LogP) is 27.6. The average Bonchev–Trinajstić information content (AvgIpc) is 3.08. The van der Waals surface area contributed by atoms with Crippen molar-refractivity contribution in [3.8, 4) is 0 Å². The lowest BCUT2D eigenvalue weighted by Crippen LogP contribution is -2.29. The van der Waals surface area contributed by atoms with E-state index in [0.717, 1.165) is 38.5 Å². The van der Waals surface area contributed by atoms with Crippen molar-refractivity contribution in [1.82, 2.24) is 0 Å². The Bertz CT molecular complexity index is 1560. The number of nitrogens with two attached hydrogens (primary N) is 1. The molecule has 546 valence electrons. The lowest BCUT2D eigenvalue weighted by Gasteiger charge is -2.19. The number of carbonyl (C=O) groups excluding carboxylic acids is 2. The summed E-state index contributed by atoms with van der Waals surface area (Å²) >= 11 is 0. The van der Waals surface area contributed by atoms with E-state index in [0.29, 0.717) is 6.42 Å². The molecule has 2 atom stereocenters. The Hall–Kier alpha value is -1.51. The first-order valence-electron chi connectivity index (χ1n) is 41.3. The van der Waals surface area contributed by atoms with Crippen LogP contribution in [-0.2, 0) is 32.7 Å². The van der Waals surface area contributed by atoms with Crippen LogP contribution in [-0.4, -0.2) is 49.3 Å². The Kier molecular flexibility index (Phi) is 77.2. The van der Waals surface area contributed by atoms with Crippen LogP contribution in [0.15, 0.2) is 24.3 Å². The molecular formula is C82H160NO8P. The van der Waals surface area contributed by atoms with Gasteiger partial charge < -0.3 is 20.1 Å². The number of hydrogen-bond donors (Lipinski definition) is 2. The van der Waals surface area contributed by atoms with Crippen molar-refractivity contribution in [1.29, 1.82) is 0 Å². The van der Waals surface area contributed by atoms with Crippen LogP contribution in [0, 0.1) is 0 Å². The van der Waals surface area contributed by atoms with Crippen molar-refractivity contribution in [2.24, 2.45) is 5.73 Å². The number of carbonyl (C=O) groups is 2. The number of phosphoric acid groups is 1. The zero-order valence-electron chi connectivity index (χ0n) is 61.8. The van der Waals surface area contributed by atoms with Crippen LogP contribution in [0.1, 0.15) is 457 Å². The fourth-order valence-corrected chi connectivity index (χ4v) is 13.7. The predicted molar refractivity (Wildman–Crippen MR) is 400 cm³/mol. The summed E-state index contributed by atoms with van der Waals surface area (Å²) < 4.78 is 33.3. The zero-order chi connectivity index (χ0) is 66.5. The van der Waals surface area contributed by atoms with Gasteiger partial charge in [-0.15, -0.1) is 0 Å². The fraction of sp³-hybridized carbons (Fsp3) is 0.927. The second kappa shape index (κ2) is 78.5. The van der Waals surface area contributed by atoms with Crippen LogP contribution in [0.3, 0.4) is 0 Å². The molecule has 0 bridgehead atoms. The van der Waals surface area contributed by atoms with Crippen molar-refractivity contribution >= 4 is 19.8 Å². The third-order valence-corrected chi connectivity index (χ3v) is 20.1. The summed E-state index contributed by atoms with van der Waals surface area (Å²) in [6.45, 7) is 3.83. The summed E-state index contributed by atoms with van der Waals surface area (Å²) in [4.78, 5) is 35.5. The van der Waals surface area contributed by atoms with Crippen LogP contribution in [0.2, 0.25) is 0 Å². The van der Waals surface area contributed by atoms with Gasteiger partial charge in [-0.3, -0.25) is 18.6 Å². The second-order valence-corrected chi connectivity index (χ2v) is 29.8. The molecule has 0 aromatic carbocycles. The smallest absolute Gasteiger partial charge is 0.462 e. The van der Waals surface area contributed by atoms with E-state index in [9.17, 15) is 19.0 Å². The van der Waals surface area contributed by atoms with E-state index in [1.165, 1.54) is 385 Å². The van der Waals surface area contributed by atoms with Crippen molar-refractivity contribution < 1.29 is 37.6 Å². The van der Waals surface area contributed by atoms with Gasteiger partial charge in [-0.25, -0.2) is 4.57 Å². The highest BCUT2D eigenvalue weighted by atomic mass is 31.2. The minimum Gasteiger partial charge on any atom is -0.462 e. The molecule has 0 rings (SSSR count). The van der Waals surface area contributed by atoms with Gasteiger partial charge in [0.15, 0.2) is 6.10 Å². The highest BCUT2D eigenvalue weighted by molar-refractivity contribution is 7.47. The number of phosphoric ester groups is 1. The molecule has 0 aromatic rings. The second-order valence-electron chi connectivity index (χ2n) is 28.4. The van der Waals surface area contributed by atoms with Crippen LogP contribution in [0.4, 0.5) is 0 Å². The first-order valence-corrected chi connectivity index (χ1v) is 42.8. The molecule has 0 saturated carbocycles. The molecule has 0 aliphatic rings. The summed E-state index contributed by atoms with van der Waals surface area (Å²) in [5.74, 6) is -0.796. The molecule has 9 nitrogen and oxygen atoms in total. The number of esters is 2. The lowest BCUT2D eigenvalue weighted by molar-refractivity contribution is -0.161. The highest BCUT2D eigenvalue weighted by Crippen LogP contribution is 2.43. The Morgan fingerprint density at radius 3 is 0.826 bits per heavy atom. The van der Waals surface area contributed by atoms with Gasteiger partial charge in [0.1, 0.15) is 6.61 Å². The number of ether oxygens (including phenoxy) is 2. The van der Waals surface area contributed by atoms with Crippen molar-refractivity contribution in [3.05, 3.63) is 24.3 Å². The van der Waals surface area contributed by atoms with Gasteiger partial charge in [0.2, 0.25) is 0 Å². The quantitative estimate of drug-likeness (QED) is 0.0264. The van der Waals surface area contributed by atoms with Crippen LogP contribution in [0.25, 0.3) is 0 Å². The molecular weight excluding hydrogens is 1160 g/mol. The number of unbranched alkanes of at least 4 members (excludes halogenated alkanes) is 63. The fourth-order valence-electron chi connectivity index (χ4n) is 13.0. The molecule has 0 aliphatic heterocycles. The Morgan fingerprint density at radius 2 is 0.565 bits per heavy atom. The molecule has 3 N–H and O–H groups in total. The van der Waals surface area contributed by atoms with Crippen LogP contribution in [0.5, 0.6) is 0 Å². The molecule has 92 heavy (non-hydrogen) atoms. The minimum absolute atomic E-state index is 0.0578. The first kappa shape index (κ1) is 90.5. The Labute approximate surface area is 573 Å². The van der Waals surface area contributed by atoms with Gasteiger partial charge in [-0.2, -0.15) is 0 Å². The zero-order valence-corrected chi connectivity index (χ0v) is 62.7. The molecule has 0 amide bonds. The maximum atomic E-state index is 12.8. The summed E-state index contributed by atoms with van der Waals surface area (Å²) in [6.07, 6.45) is 99.1. The first-order chi connectivity index (χ1) is 45.3. The summed E-state index contributed by atoms with van der Waals surface area (Å²) in [7, 11) is -4.39. The van der Waals surface area contributed by atoms with E-state index in [1.54, 1.807) is 0 Å². The third-order valence-electron chi connectivity index (χ3n) is 19.1. The van der Waals surface area contributed by atoms with Gasteiger partial charge in [0.25, 0.3) is 0 Å². The average molecular weight is 1320 g/mol. The molecule has 2 unspecified atom stereocenters. The van der Waals surface area contributed by atoms with Crippen molar-refractivity contribution in [2.75, 3.05) is 26.4 Å². The number of rotatable bonds is 80. The van der Waals surface area contributed by atoms with Crippen molar-refractivity contribution in [3.63, 3.8) is 0 Å². The van der Waals surface area contributed by atoms with Gasteiger partial charge in [0.05, 0.1) is 13.2 Å². The van der Waals surface area contributed by atoms with Crippen molar-refractivity contribution in [2.45, 2.75) is 463 Å². The van der Waals surface area contributed by atoms with E-state index in [-0.39, 0.29) is 38.6 Å². The topological polar surface area (TPSA) is 134 Å². The summed E-state index contributed by atoms with van der Waals surface area (Å²) in [5.41, 5.74) is 5.42. The summed E-state index contributed by atoms with van der Waals surface area (Å²) in [6, 6.07) is 0. The van der Waals surface area contributed by atoms with Gasteiger partial charge in [-0.1, -0.05) is 423 Å². The maximum absolute atomic E-state index is 12.8. The molecule has 0 fully saturated rings. The molecule has 0 aliphatic carbocycles. The molecule has 0 saturated heterocycles.